The van der Waals surface area contributed by atoms with Crippen LogP contribution in [0, 0.1) is 5.92 Å². The normalized spacial score (nSPS) is 12.4. The first-order valence-corrected chi connectivity index (χ1v) is 13.0. The van der Waals surface area contributed by atoms with E-state index in [-0.39, 0.29) is 19.1 Å². The molecule has 0 bridgehead atoms. The maximum absolute atomic E-state index is 12.9. The molecule has 1 amide bonds. The van der Waals surface area contributed by atoms with Gasteiger partial charge in [-0.1, -0.05) is 76.0 Å². The molecule has 27 heavy (non-hydrogen) atoms. The summed E-state index contributed by atoms with van der Waals surface area (Å²) in [6, 6.07) is 9.64. The number of benzene rings is 1. The van der Waals surface area contributed by atoms with Crippen molar-refractivity contribution in [3.63, 3.8) is 0 Å². The van der Waals surface area contributed by atoms with E-state index in [1.165, 1.54) is 12.0 Å². The largest absolute Gasteiger partial charge is 0.467 e. The lowest BCUT2D eigenvalue weighted by Crippen LogP contribution is -2.49. The number of carbonyl (C=O) groups excluding carboxylic acids is 2. The van der Waals surface area contributed by atoms with Gasteiger partial charge in [0.05, 0.1) is 7.11 Å². The maximum atomic E-state index is 12.9. The SMILES string of the molecule is C=C(CN(C(=O)OCc1ccccc1)C(C(=O)OC)C(C)C)C[Si](C)(C)C. The van der Waals surface area contributed by atoms with Gasteiger partial charge in [0.1, 0.15) is 12.6 Å². The van der Waals surface area contributed by atoms with Crippen LogP contribution in [0.2, 0.25) is 25.7 Å². The van der Waals surface area contributed by atoms with Crippen LogP contribution in [0.5, 0.6) is 0 Å². The highest BCUT2D eigenvalue weighted by Gasteiger charge is 2.35. The van der Waals surface area contributed by atoms with Gasteiger partial charge in [0, 0.05) is 14.6 Å². The third-order valence-electron chi connectivity index (χ3n) is 4.02. The molecule has 0 saturated carbocycles. The number of hydrogen-bond donors (Lipinski definition) is 0. The number of methoxy groups -OCH3 is 1. The summed E-state index contributed by atoms with van der Waals surface area (Å²) in [5.41, 5.74) is 1.83. The van der Waals surface area contributed by atoms with Gasteiger partial charge in [0.15, 0.2) is 0 Å². The summed E-state index contributed by atoms with van der Waals surface area (Å²) in [6.45, 7) is 15.1. The second-order valence-corrected chi connectivity index (χ2v) is 13.8. The Balaban J connectivity index is 2.98. The number of esters is 1. The summed E-state index contributed by atoms with van der Waals surface area (Å²) in [5.74, 6) is -0.552. The van der Waals surface area contributed by atoms with Crippen LogP contribution in [0.25, 0.3) is 0 Å². The first kappa shape index (κ1) is 23.0. The molecule has 0 aromatic heterocycles. The van der Waals surface area contributed by atoms with E-state index in [9.17, 15) is 9.59 Å². The molecule has 6 heteroatoms. The summed E-state index contributed by atoms with van der Waals surface area (Å²) in [7, 11) is -0.0496. The Morgan fingerprint density at radius 2 is 1.74 bits per heavy atom. The van der Waals surface area contributed by atoms with Crippen molar-refractivity contribution in [3.8, 4) is 0 Å². The fourth-order valence-corrected chi connectivity index (χ4v) is 4.62. The monoisotopic (exact) mass is 391 g/mol. The van der Waals surface area contributed by atoms with Crippen LogP contribution >= 0.6 is 0 Å². The van der Waals surface area contributed by atoms with Crippen molar-refractivity contribution in [2.75, 3.05) is 13.7 Å². The first-order chi connectivity index (χ1) is 12.5. The highest BCUT2D eigenvalue weighted by molar-refractivity contribution is 6.76. The van der Waals surface area contributed by atoms with Gasteiger partial charge in [0.2, 0.25) is 0 Å². The van der Waals surface area contributed by atoms with Crippen molar-refractivity contribution >= 4 is 20.1 Å². The molecule has 0 radical (unpaired) electrons. The molecular weight excluding hydrogens is 358 g/mol. The van der Waals surface area contributed by atoms with Gasteiger partial charge < -0.3 is 9.47 Å². The van der Waals surface area contributed by atoms with E-state index in [2.05, 4.69) is 26.2 Å². The van der Waals surface area contributed by atoms with Gasteiger partial charge in [-0.2, -0.15) is 0 Å². The third-order valence-corrected chi connectivity index (χ3v) is 5.58. The molecule has 1 unspecified atom stereocenters. The predicted molar refractivity (Wildman–Crippen MR) is 111 cm³/mol. The molecule has 1 atom stereocenters. The molecule has 1 aromatic carbocycles. The van der Waals surface area contributed by atoms with E-state index in [4.69, 9.17) is 9.47 Å². The molecule has 0 aliphatic rings. The molecule has 0 aliphatic carbocycles. The average Bonchev–Trinajstić information content (AvgIpc) is 2.57. The summed E-state index contributed by atoms with van der Waals surface area (Å²) in [6.07, 6.45) is -0.528. The number of ether oxygens (including phenoxy) is 2. The molecule has 0 spiro atoms. The summed E-state index contributed by atoms with van der Waals surface area (Å²) in [4.78, 5) is 26.7. The summed E-state index contributed by atoms with van der Waals surface area (Å²) < 4.78 is 10.4. The quantitative estimate of drug-likeness (QED) is 0.347. The molecule has 1 aromatic rings. The lowest BCUT2D eigenvalue weighted by atomic mass is 10.0. The van der Waals surface area contributed by atoms with Crippen LogP contribution in [-0.4, -0.2) is 44.7 Å². The van der Waals surface area contributed by atoms with E-state index in [1.54, 1.807) is 0 Å². The highest BCUT2D eigenvalue weighted by Crippen LogP contribution is 2.21. The lowest BCUT2D eigenvalue weighted by Gasteiger charge is -2.33. The van der Waals surface area contributed by atoms with E-state index in [0.717, 1.165) is 17.2 Å². The molecule has 1 rings (SSSR count). The van der Waals surface area contributed by atoms with Crippen molar-refractivity contribution < 1.29 is 19.1 Å². The van der Waals surface area contributed by atoms with Crippen molar-refractivity contribution in [3.05, 3.63) is 48.0 Å². The number of carbonyl (C=O) groups is 2. The van der Waals surface area contributed by atoms with E-state index in [1.807, 2.05) is 44.2 Å². The second-order valence-electron chi connectivity index (χ2n) is 8.37. The minimum atomic E-state index is -1.39. The Kier molecular flexibility index (Phi) is 8.76. The molecule has 5 nitrogen and oxygen atoms in total. The zero-order valence-corrected chi connectivity index (χ0v) is 18.5. The lowest BCUT2D eigenvalue weighted by molar-refractivity contribution is -0.148. The van der Waals surface area contributed by atoms with Gasteiger partial charge in [-0.15, -0.1) is 0 Å². The number of hydrogen-bond acceptors (Lipinski definition) is 4. The minimum Gasteiger partial charge on any atom is -0.467 e. The van der Waals surface area contributed by atoms with Crippen molar-refractivity contribution in [2.45, 2.75) is 52.2 Å². The van der Waals surface area contributed by atoms with Crippen LogP contribution in [0.4, 0.5) is 4.79 Å². The molecule has 0 heterocycles. The Bertz CT molecular complexity index is 637. The number of rotatable bonds is 9. The van der Waals surface area contributed by atoms with Gasteiger partial charge in [0.25, 0.3) is 0 Å². The topological polar surface area (TPSA) is 55.8 Å². The molecule has 0 aliphatic heterocycles. The average molecular weight is 392 g/mol. The smallest absolute Gasteiger partial charge is 0.411 e. The van der Waals surface area contributed by atoms with Crippen LogP contribution in [0.3, 0.4) is 0 Å². The van der Waals surface area contributed by atoms with Crippen molar-refractivity contribution in [1.29, 1.82) is 0 Å². The molecule has 0 N–H and O–H groups in total. The Hall–Kier alpha value is -2.08. The highest BCUT2D eigenvalue weighted by atomic mass is 28.3. The molecule has 0 fully saturated rings. The Labute approximate surface area is 164 Å². The standard InChI is InChI=1S/C21H33NO4Si/c1-16(2)19(20(23)25-4)22(13-17(3)15-27(5,6)7)21(24)26-14-18-11-9-8-10-12-18/h8-12,16,19H,3,13-15H2,1-2,4-7H3. The summed E-state index contributed by atoms with van der Waals surface area (Å²) in [5, 5.41) is 0. The predicted octanol–water partition coefficient (Wildman–Crippen LogP) is 4.72. The zero-order valence-electron chi connectivity index (χ0n) is 17.5. The molecular formula is C21H33NO4Si. The van der Waals surface area contributed by atoms with E-state index >= 15 is 0 Å². The molecule has 150 valence electrons. The molecule has 0 saturated heterocycles. The van der Waals surface area contributed by atoms with Gasteiger partial charge in [-0.05, 0) is 17.5 Å². The van der Waals surface area contributed by atoms with E-state index in [0.29, 0.717) is 0 Å². The summed E-state index contributed by atoms with van der Waals surface area (Å²) >= 11 is 0. The van der Waals surface area contributed by atoms with Crippen LogP contribution in [-0.2, 0) is 20.9 Å². The third kappa shape index (κ3) is 7.99. The van der Waals surface area contributed by atoms with E-state index < -0.39 is 26.2 Å². The van der Waals surface area contributed by atoms with Crippen molar-refractivity contribution in [2.24, 2.45) is 5.92 Å². The first-order valence-electron chi connectivity index (χ1n) is 9.27. The Morgan fingerprint density at radius 1 is 1.15 bits per heavy atom. The van der Waals surface area contributed by atoms with Crippen LogP contribution in [0.1, 0.15) is 19.4 Å². The maximum Gasteiger partial charge on any atom is 0.411 e. The van der Waals surface area contributed by atoms with Crippen LogP contribution < -0.4 is 0 Å². The zero-order chi connectivity index (χ0) is 20.6. The van der Waals surface area contributed by atoms with Gasteiger partial charge in [-0.25, -0.2) is 9.59 Å². The fraction of sp³-hybridized carbons (Fsp3) is 0.524. The number of nitrogens with zero attached hydrogens (tertiary/aromatic N) is 1. The van der Waals surface area contributed by atoms with Crippen LogP contribution in [0.15, 0.2) is 42.5 Å². The van der Waals surface area contributed by atoms with Gasteiger partial charge in [-0.3, -0.25) is 4.90 Å². The Morgan fingerprint density at radius 3 is 2.22 bits per heavy atom. The number of amides is 1. The van der Waals surface area contributed by atoms with Gasteiger partial charge >= 0.3 is 12.1 Å². The minimum absolute atomic E-state index is 0.110. The van der Waals surface area contributed by atoms with Crippen molar-refractivity contribution in [1.82, 2.24) is 4.90 Å². The fourth-order valence-electron chi connectivity index (χ4n) is 3.01. The second kappa shape index (κ2) is 10.3.